The van der Waals surface area contributed by atoms with Crippen molar-refractivity contribution in [3.8, 4) is 0 Å². The largest absolute Gasteiger partial charge is 0.439 e. The minimum absolute atomic E-state index is 0.116. The molecule has 0 aliphatic carbocycles. The minimum atomic E-state index is -5.16. The lowest BCUT2D eigenvalue weighted by atomic mass is 10.0. The summed E-state index contributed by atoms with van der Waals surface area (Å²) in [4.78, 5) is 67.6. The molecule has 2 aliphatic heterocycles. The summed E-state index contributed by atoms with van der Waals surface area (Å²) < 4.78 is 11.2. The van der Waals surface area contributed by atoms with Crippen LogP contribution in [0.25, 0.3) is 0 Å². The molecule has 3 rings (SSSR count). The van der Waals surface area contributed by atoms with Gasteiger partial charge in [0.05, 0.1) is 11.1 Å². The Bertz CT molecular complexity index is 764. The Morgan fingerprint density at radius 2 is 1.52 bits per heavy atom. The van der Waals surface area contributed by atoms with Crippen molar-refractivity contribution in [3.63, 3.8) is 0 Å². The van der Waals surface area contributed by atoms with E-state index in [-0.39, 0.29) is 28.6 Å². The summed E-state index contributed by atoms with van der Waals surface area (Å²) in [5, 5.41) is 0. The number of hydrogen-bond donors (Lipinski definition) is 2. The van der Waals surface area contributed by atoms with Crippen LogP contribution in [0.5, 0.6) is 0 Å². The number of benzene rings is 1. The number of carbonyl (C=O) groups excluding carboxylic acids is 4. The van der Waals surface area contributed by atoms with E-state index in [1.807, 2.05) is 0 Å². The van der Waals surface area contributed by atoms with Gasteiger partial charge in [0.25, 0.3) is 17.7 Å². The average Bonchev–Trinajstić information content (AvgIpc) is 2.71. The van der Waals surface area contributed by atoms with Crippen molar-refractivity contribution in [3.05, 3.63) is 35.4 Å². The first-order chi connectivity index (χ1) is 10.7. The zero-order valence-electron chi connectivity index (χ0n) is 11.6. The van der Waals surface area contributed by atoms with Crippen molar-refractivity contribution in [2.75, 3.05) is 0 Å². The maximum absolute atomic E-state index is 12.3. The summed E-state index contributed by atoms with van der Waals surface area (Å²) in [6.07, 6.45) is -0.519. The Balaban J connectivity index is 1.99. The highest BCUT2D eigenvalue weighted by Gasteiger charge is 2.50. The lowest BCUT2D eigenvalue weighted by Crippen LogP contribution is -2.54. The van der Waals surface area contributed by atoms with E-state index in [0.717, 1.165) is 0 Å². The van der Waals surface area contributed by atoms with E-state index in [9.17, 15) is 23.7 Å². The van der Waals surface area contributed by atoms with Crippen LogP contribution in [0.2, 0.25) is 0 Å². The van der Waals surface area contributed by atoms with E-state index in [1.54, 1.807) is 12.1 Å². The van der Waals surface area contributed by atoms with Crippen LogP contribution in [0.1, 0.15) is 33.6 Å². The maximum atomic E-state index is 12.3. The molecule has 0 spiro atoms. The summed E-state index contributed by atoms with van der Waals surface area (Å²) in [5.41, 5.74) is 0.231. The van der Waals surface area contributed by atoms with Gasteiger partial charge < -0.3 is 9.79 Å². The predicted molar refractivity (Wildman–Crippen MR) is 73.9 cm³/mol. The summed E-state index contributed by atoms with van der Waals surface area (Å²) in [6.45, 7) is 0. The van der Waals surface area contributed by atoms with Crippen LogP contribution in [0.4, 0.5) is 0 Å². The van der Waals surface area contributed by atoms with E-state index in [1.165, 1.54) is 12.1 Å². The van der Waals surface area contributed by atoms with E-state index < -0.39 is 37.4 Å². The molecule has 4 amide bonds. The standard InChI is InChI=1S/C13H11N2O7P/c16-10-6-5-9(13(19)15(10)23(20,21)22)14-11(17)7-3-1-2-4-8(7)12(14)18/h1-4,9H,5-6H2,(H2,20,21,22). The number of rotatable bonds is 2. The van der Waals surface area contributed by atoms with Crippen molar-refractivity contribution in [1.29, 1.82) is 0 Å². The molecule has 1 saturated heterocycles. The third-order valence-electron chi connectivity index (χ3n) is 3.76. The first-order valence-electron chi connectivity index (χ1n) is 6.63. The first-order valence-corrected chi connectivity index (χ1v) is 8.19. The van der Waals surface area contributed by atoms with Gasteiger partial charge in [-0.25, -0.2) is 4.57 Å². The molecular formula is C13H11N2O7P. The fourth-order valence-electron chi connectivity index (χ4n) is 2.76. The van der Waals surface area contributed by atoms with Gasteiger partial charge in [-0.05, 0) is 18.6 Å². The number of piperidine rings is 1. The number of fused-ring (bicyclic) bond motifs is 1. The zero-order valence-corrected chi connectivity index (χ0v) is 12.5. The molecular weight excluding hydrogens is 327 g/mol. The molecule has 1 fully saturated rings. The Labute approximate surface area is 129 Å². The van der Waals surface area contributed by atoms with Crippen LogP contribution in [-0.2, 0) is 14.2 Å². The topological polar surface area (TPSA) is 132 Å². The Hall–Kier alpha value is -2.35. The number of hydrogen-bond acceptors (Lipinski definition) is 5. The smallest absolute Gasteiger partial charge is 0.308 e. The van der Waals surface area contributed by atoms with Gasteiger partial charge >= 0.3 is 7.75 Å². The van der Waals surface area contributed by atoms with Crippen LogP contribution >= 0.6 is 7.75 Å². The van der Waals surface area contributed by atoms with Crippen molar-refractivity contribution in [2.45, 2.75) is 18.9 Å². The second-order valence-electron chi connectivity index (χ2n) is 5.14. The van der Waals surface area contributed by atoms with Gasteiger partial charge in [-0.15, -0.1) is 0 Å². The van der Waals surface area contributed by atoms with Crippen LogP contribution < -0.4 is 0 Å². The predicted octanol–water partition coefficient (Wildman–Crippen LogP) is -0.107. The second-order valence-corrected chi connectivity index (χ2v) is 6.56. The molecule has 9 nitrogen and oxygen atoms in total. The highest BCUT2D eigenvalue weighted by atomic mass is 31.2. The molecule has 0 radical (unpaired) electrons. The van der Waals surface area contributed by atoms with E-state index in [2.05, 4.69) is 0 Å². The normalized spacial score (nSPS) is 21.9. The van der Waals surface area contributed by atoms with Crippen molar-refractivity contribution < 1.29 is 33.5 Å². The van der Waals surface area contributed by atoms with Crippen LogP contribution in [-0.4, -0.2) is 49.0 Å². The average molecular weight is 338 g/mol. The lowest BCUT2D eigenvalue weighted by molar-refractivity contribution is -0.146. The molecule has 0 bridgehead atoms. The van der Waals surface area contributed by atoms with E-state index in [0.29, 0.717) is 4.90 Å². The monoisotopic (exact) mass is 338 g/mol. The second kappa shape index (κ2) is 5.09. The SMILES string of the molecule is O=C1c2ccccc2C(=O)N1C1CCC(=O)N(P(=O)(O)O)C1=O. The first kappa shape index (κ1) is 15.5. The van der Waals surface area contributed by atoms with E-state index in [4.69, 9.17) is 9.79 Å². The molecule has 23 heavy (non-hydrogen) atoms. The van der Waals surface area contributed by atoms with Crippen molar-refractivity contribution in [1.82, 2.24) is 9.57 Å². The Morgan fingerprint density at radius 3 is 2.00 bits per heavy atom. The van der Waals surface area contributed by atoms with Gasteiger partial charge in [0.2, 0.25) is 5.91 Å². The maximum Gasteiger partial charge on any atom is 0.439 e. The summed E-state index contributed by atoms with van der Waals surface area (Å²) in [5.74, 6) is -3.71. The quantitative estimate of drug-likeness (QED) is 0.568. The van der Waals surface area contributed by atoms with E-state index >= 15 is 0 Å². The summed E-state index contributed by atoms with van der Waals surface area (Å²) >= 11 is 0. The molecule has 2 N–H and O–H groups in total. The van der Waals surface area contributed by atoms with Crippen molar-refractivity contribution in [2.24, 2.45) is 0 Å². The molecule has 2 aliphatic rings. The molecule has 1 aromatic carbocycles. The minimum Gasteiger partial charge on any atom is -0.308 e. The van der Waals surface area contributed by atoms with Crippen LogP contribution in [0.15, 0.2) is 24.3 Å². The van der Waals surface area contributed by atoms with Gasteiger partial charge in [-0.3, -0.25) is 24.1 Å². The number of carbonyl (C=O) groups is 4. The van der Waals surface area contributed by atoms with Gasteiger partial charge in [0.15, 0.2) is 0 Å². The summed E-state index contributed by atoms with van der Waals surface area (Å²) in [6, 6.07) is 4.56. The third-order valence-corrected chi connectivity index (χ3v) is 4.70. The van der Waals surface area contributed by atoms with Gasteiger partial charge in [-0.1, -0.05) is 12.1 Å². The third kappa shape index (κ3) is 2.29. The van der Waals surface area contributed by atoms with Gasteiger partial charge in [0, 0.05) is 6.42 Å². The number of imide groups is 2. The Kier molecular flexibility index (Phi) is 3.44. The van der Waals surface area contributed by atoms with Gasteiger partial charge in [-0.2, -0.15) is 4.67 Å². The fraction of sp³-hybridized carbons (Fsp3) is 0.231. The highest BCUT2D eigenvalue weighted by Crippen LogP contribution is 2.44. The molecule has 10 heteroatoms. The molecule has 0 saturated carbocycles. The van der Waals surface area contributed by atoms with Gasteiger partial charge in [0.1, 0.15) is 6.04 Å². The molecule has 1 unspecified atom stereocenters. The zero-order chi connectivity index (χ0) is 16.9. The molecule has 1 atom stereocenters. The number of nitrogens with zero attached hydrogens (tertiary/aromatic N) is 2. The molecule has 1 aromatic rings. The number of amides is 4. The van der Waals surface area contributed by atoms with Crippen LogP contribution in [0, 0.1) is 0 Å². The van der Waals surface area contributed by atoms with Crippen LogP contribution in [0.3, 0.4) is 0 Å². The summed E-state index contributed by atoms with van der Waals surface area (Å²) in [7, 11) is -5.16. The lowest BCUT2D eigenvalue weighted by Gasteiger charge is -2.34. The Morgan fingerprint density at radius 1 is 1.00 bits per heavy atom. The fourth-order valence-corrected chi connectivity index (χ4v) is 3.54. The highest BCUT2D eigenvalue weighted by molar-refractivity contribution is 7.50. The molecule has 0 aromatic heterocycles. The molecule has 2 heterocycles. The molecule has 120 valence electrons. The van der Waals surface area contributed by atoms with Crippen molar-refractivity contribution >= 4 is 31.4 Å².